The van der Waals surface area contributed by atoms with Gasteiger partial charge in [-0.25, -0.2) is 4.98 Å². The Labute approximate surface area is 164 Å². The molecule has 0 aliphatic heterocycles. The van der Waals surface area contributed by atoms with E-state index >= 15 is 0 Å². The lowest BCUT2D eigenvalue weighted by Crippen LogP contribution is -1.99. The van der Waals surface area contributed by atoms with Crippen molar-refractivity contribution in [3.8, 4) is 23.0 Å². The van der Waals surface area contributed by atoms with Gasteiger partial charge >= 0.3 is 0 Å². The lowest BCUT2D eigenvalue weighted by molar-refractivity contribution is 0.296. The van der Waals surface area contributed by atoms with Crippen LogP contribution in [0.4, 0.5) is 0 Å². The molecule has 28 heavy (non-hydrogen) atoms. The summed E-state index contributed by atoms with van der Waals surface area (Å²) in [7, 11) is 0. The normalized spacial score (nSPS) is 10.6. The topological polar surface area (TPSA) is 44.5 Å². The van der Waals surface area contributed by atoms with Gasteiger partial charge < -0.3 is 13.9 Å². The number of aromatic nitrogens is 1. The van der Waals surface area contributed by atoms with Crippen molar-refractivity contribution < 1.29 is 13.9 Å². The van der Waals surface area contributed by atoms with Gasteiger partial charge in [-0.2, -0.15) is 0 Å². The average molecular weight is 371 g/mol. The zero-order valence-corrected chi connectivity index (χ0v) is 15.7. The molecule has 140 valence electrons. The van der Waals surface area contributed by atoms with Gasteiger partial charge in [0.05, 0.1) is 0 Å². The third-order valence-corrected chi connectivity index (χ3v) is 4.36. The predicted molar refractivity (Wildman–Crippen MR) is 108 cm³/mol. The Bertz CT molecular complexity index is 1010. The molecule has 0 fully saturated rings. The molecule has 0 atom stereocenters. The molecule has 0 aliphatic rings. The second-order valence-electron chi connectivity index (χ2n) is 6.42. The monoisotopic (exact) mass is 371 g/mol. The van der Waals surface area contributed by atoms with Gasteiger partial charge in [0.15, 0.2) is 0 Å². The zero-order chi connectivity index (χ0) is 19.2. The number of hydrogen-bond acceptors (Lipinski definition) is 4. The molecule has 4 aromatic rings. The third kappa shape index (κ3) is 4.41. The van der Waals surface area contributed by atoms with E-state index in [1.807, 2.05) is 91.9 Å². The van der Waals surface area contributed by atoms with Crippen LogP contribution < -0.4 is 9.47 Å². The summed E-state index contributed by atoms with van der Waals surface area (Å²) < 4.78 is 17.4. The largest absolute Gasteiger partial charge is 0.489 e. The Hall–Kier alpha value is -3.53. The van der Waals surface area contributed by atoms with Gasteiger partial charge in [-0.05, 0) is 48.9 Å². The van der Waals surface area contributed by atoms with E-state index in [1.54, 1.807) is 0 Å². The Morgan fingerprint density at radius 3 is 2.04 bits per heavy atom. The first-order valence-electron chi connectivity index (χ1n) is 9.19. The predicted octanol–water partition coefficient (Wildman–Crippen LogP) is 5.81. The van der Waals surface area contributed by atoms with Gasteiger partial charge in [0.2, 0.25) is 5.89 Å². The molecule has 0 N–H and O–H groups in total. The Kier molecular flexibility index (Phi) is 5.38. The fourth-order valence-corrected chi connectivity index (χ4v) is 2.78. The SMILES string of the molecule is Cc1oc(-c2ccccc2)nc1COc1ccc(COc2ccccc2)cc1. The van der Waals surface area contributed by atoms with Crippen LogP contribution in [0.5, 0.6) is 11.5 Å². The van der Waals surface area contributed by atoms with E-state index in [4.69, 9.17) is 13.9 Å². The molecule has 1 heterocycles. The average Bonchev–Trinajstić information content (AvgIpc) is 3.13. The molecule has 0 saturated heterocycles. The van der Waals surface area contributed by atoms with E-state index in [0.717, 1.165) is 34.1 Å². The van der Waals surface area contributed by atoms with Crippen molar-refractivity contribution in [3.63, 3.8) is 0 Å². The minimum absolute atomic E-state index is 0.363. The van der Waals surface area contributed by atoms with Crippen molar-refractivity contribution in [2.75, 3.05) is 0 Å². The molecule has 3 aromatic carbocycles. The number of para-hydroxylation sites is 1. The summed E-state index contributed by atoms with van der Waals surface area (Å²) in [6.07, 6.45) is 0. The highest BCUT2D eigenvalue weighted by Gasteiger charge is 2.11. The molecule has 4 rings (SSSR count). The first-order chi connectivity index (χ1) is 13.8. The standard InChI is InChI=1S/C24H21NO3/c1-18-23(25-24(28-18)20-8-4-2-5-9-20)17-27-22-14-12-19(13-15-22)16-26-21-10-6-3-7-11-21/h2-15H,16-17H2,1H3. The summed E-state index contributed by atoms with van der Waals surface area (Å²) in [5.74, 6) is 3.03. The van der Waals surface area contributed by atoms with Gasteiger partial charge in [0.25, 0.3) is 0 Å². The molecule has 0 amide bonds. The summed E-state index contributed by atoms with van der Waals surface area (Å²) in [5.41, 5.74) is 2.84. The van der Waals surface area contributed by atoms with Gasteiger partial charge in [-0.1, -0.05) is 48.5 Å². The van der Waals surface area contributed by atoms with Gasteiger partial charge in [0, 0.05) is 5.56 Å². The van der Waals surface area contributed by atoms with Crippen LogP contribution in [0.1, 0.15) is 17.0 Å². The van der Waals surface area contributed by atoms with Crippen molar-refractivity contribution in [1.82, 2.24) is 4.98 Å². The van der Waals surface area contributed by atoms with Crippen LogP contribution >= 0.6 is 0 Å². The molecular formula is C24H21NO3. The van der Waals surface area contributed by atoms with E-state index in [0.29, 0.717) is 19.1 Å². The maximum Gasteiger partial charge on any atom is 0.226 e. The minimum Gasteiger partial charge on any atom is -0.489 e. The quantitative estimate of drug-likeness (QED) is 0.411. The highest BCUT2D eigenvalue weighted by Crippen LogP contribution is 2.23. The summed E-state index contributed by atoms with van der Waals surface area (Å²) in [5, 5.41) is 0. The number of hydrogen-bond donors (Lipinski definition) is 0. The summed E-state index contributed by atoms with van der Waals surface area (Å²) in [6.45, 7) is 2.79. The fourth-order valence-electron chi connectivity index (χ4n) is 2.78. The zero-order valence-electron chi connectivity index (χ0n) is 15.7. The first kappa shape index (κ1) is 17.9. The highest BCUT2D eigenvalue weighted by atomic mass is 16.5. The number of oxazole rings is 1. The molecule has 1 aromatic heterocycles. The molecule has 4 heteroatoms. The number of benzene rings is 3. The number of rotatable bonds is 7. The van der Waals surface area contributed by atoms with E-state index in [9.17, 15) is 0 Å². The molecule has 0 saturated carbocycles. The van der Waals surface area contributed by atoms with E-state index in [1.165, 1.54) is 0 Å². The van der Waals surface area contributed by atoms with Crippen LogP contribution in [0.3, 0.4) is 0 Å². The highest BCUT2D eigenvalue weighted by molar-refractivity contribution is 5.53. The Balaban J connectivity index is 1.34. The van der Waals surface area contributed by atoms with E-state index < -0.39 is 0 Å². The lowest BCUT2D eigenvalue weighted by Gasteiger charge is -2.08. The van der Waals surface area contributed by atoms with Crippen LogP contribution in [-0.4, -0.2) is 4.98 Å². The van der Waals surface area contributed by atoms with Gasteiger partial charge in [0.1, 0.15) is 36.2 Å². The molecule has 0 radical (unpaired) electrons. The summed E-state index contributed by atoms with van der Waals surface area (Å²) in [4.78, 5) is 4.56. The summed E-state index contributed by atoms with van der Waals surface area (Å²) in [6, 6.07) is 27.5. The molecule has 0 aliphatic carbocycles. The molecule has 0 spiro atoms. The number of aryl methyl sites for hydroxylation is 1. The first-order valence-corrected chi connectivity index (χ1v) is 9.19. The van der Waals surface area contributed by atoms with E-state index in [2.05, 4.69) is 4.98 Å². The van der Waals surface area contributed by atoms with E-state index in [-0.39, 0.29) is 0 Å². The molecule has 0 bridgehead atoms. The van der Waals surface area contributed by atoms with Crippen molar-refractivity contribution in [2.24, 2.45) is 0 Å². The number of ether oxygens (including phenoxy) is 2. The van der Waals surface area contributed by atoms with Crippen LogP contribution in [0.15, 0.2) is 89.3 Å². The van der Waals surface area contributed by atoms with Gasteiger partial charge in [-0.15, -0.1) is 0 Å². The van der Waals surface area contributed by atoms with Crippen molar-refractivity contribution >= 4 is 0 Å². The second-order valence-corrected chi connectivity index (χ2v) is 6.42. The van der Waals surface area contributed by atoms with Crippen molar-refractivity contribution in [2.45, 2.75) is 20.1 Å². The van der Waals surface area contributed by atoms with Gasteiger partial charge in [-0.3, -0.25) is 0 Å². The van der Waals surface area contributed by atoms with Crippen LogP contribution in [0.2, 0.25) is 0 Å². The maximum absolute atomic E-state index is 5.88. The Morgan fingerprint density at radius 2 is 1.32 bits per heavy atom. The van der Waals surface area contributed by atoms with Crippen LogP contribution in [0, 0.1) is 6.92 Å². The maximum atomic E-state index is 5.88. The second kappa shape index (κ2) is 8.44. The third-order valence-electron chi connectivity index (χ3n) is 4.36. The smallest absolute Gasteiger partial charge is 0.226 e. The fraction of sp³-hybridized carbons (Fsp3) is 0.125. The lowest BCUT2D eigenvalue weighted by atomic mass is 10.2. The number of nitrogens with zero attached hydrogens (tertiary/aromatic N) is 1. The van der Waals surface area contributed by atoms with Crippen molar-refractivity contribution in [1.29, 1.82) is 0 Å². The summed E-state index contributed by atoms with van der Waals surface area (Å²) >= 11 is 0. The van der Waals surface area contributed by atoms with Crippen LogP contribution in [0.25, 0.3) is 11.5 Å². The molecule has 4 nitrogen and oxygen atoms in total. The van der Waals surface area contributed by atoms with Crippen LogP contribution in [-0.2, 0) is 13.2 Å². The minimum atomic E-state index is 0.363. The Morgan fingerprint density at radius 1 is 0.714 bits per heavy atom. The molecular weight excluding hydrogens is 350 g/mol. The van der Waals surface area contributed by atoms with Crippen molar-refractivity contribution in [3.05, 3.63) is 102 Å². The molecule has 0 unspecified atom stereocenters.